The number of H-pyrrole nitrogens is 2. The number of benzene rings is 1. The summed E-state index contributed by atoms with van der Waals surface area (Å²) >= 11 is 0. The van der Waals surface area contributed by atoms with Crippen LogP contribution < -0.4 is 5.32 Å². The van der Waals surface area contributed by atoms with Gasteiger partial charge < -0.3 is 14.9 Å². The van der Waals surface area contributed by atoms with Crippen LogP contribution in [0.25, 0.3) is 0 Å². The van der Waals surface area contributed by atoms with E-state index in [0.29, 0.717) is 18.4 Å². The van der Waals surface area contributed by atoms with Crippen LogP contribution in [0.4, 0.5) is 4.79 Å². The van der Waals surface area contributed by atoms with E-state index in [-0.39, 0.29) is 18.7 Å². The highest BCUT2D eigenvalue weighted by molar-refractivity contribution is 5.68. The third-order valence-corrected chi connectivity index (χ3v) is 5.21. The molecule has 15 heteroatoms. The van der Waals surface area contributed by atoms with Gasteiger partial charge in [0, 0.05) is 13.5 Å². The number of nitrogens with one attached hydrogen (secondary N) is 3. The molecule has 1 aromatic carbocycles. The Morgan fingerprint density at radius 3 is 2.31 bits per heavy atom. The van der Waals surface area contributed by atoms with E-state index in [1.165, 1.54) is 6.42 Å². The Hall–Kier alpha value is -3.98. The maximum absolute atomic E-state index is 12.1. The fraction of sp³-hybridized carbons (Fsp3) is 0.500. The van der Waals surface area contributed by atoms with Gasteiger partial charge in [0.25, 0.3) is 0 Å². The van der Waals surface area contributed by atoms with Crippen molar-refractivity contribution in [1.82, 2.24) is 51.5 Å². The van der Waals surface area contributed by atoms with Gasteiger partial charge in [0.1, 0.15) is 6.61 Å². The van der Waals surface area contributed by atoms with Gasteiger partial charge in [0.05, 0.1) is 12.1 Å². The number of tetrazole rings is 2. The first-order valence-electron chi connectivity index (χ1n) is 11.1. The quantitative estimate of drug-likeness (QED) is 0.304. The van der Waals surface area contributed by atoms with E-state index in [0.717, 1.165) is 44.1 Å². The predicted molar refractivity (Wildman–Crippen MR) is 118 cm³/mol. The highest BCUT2D eigenvalue weighted by Crippen LogP contribution is 2.29. The fourth-order valence-corrected chi connectivity index (χ4v) is 3.59. The zero-order valence-electron chi connectivity index (χ0n) is 19.2. The maximum atomic E-state index is 12.1. The molecule has 0 bridgehead atoms. The number of amides is 1. The molecule has 4 N–H and O–H groups in total. The zero-order chi connectivity index (χ0) is 24.9. The summed E-state index contributed by atoms with van der Waals surface area (Å²) in [5, 5.41) is 38.1. The lowest BCUT2D eigenvalue weighted by atomic mass is 10.2. The molecule has 3 aromatic rings. The summed E-state index contributed by atoms with van der Waals surface area (Å²) in [6.07, 6.45) is 3.75. The summed E-state index contributed by atoms with van der Waals surface area (Å²) in [5.41, 5.74) is 0.969. The number of carbonyl (C=O) groups excluding carboxylic acids is 2. The molecule has 0 spiro atoms. The van der Waals surface area contributed by atoms with Crippen molar-refractivity contribution in [3.05, 3.63) is 47.5 Å². The minimum Gasteiger partial charge on any atom is -0.445 e. The van der Waals surface area contributed by atoms with Gasteiger partial charge in [-0.15, -0.1) is 20.4 Å². The molecule has 2 atom stereocenters. The Bertz CT molecular complexity index is 997. The topological polar surface area (TPSA) is 197 Å². The average Bonchev–Trinajstić information content (AvgIpc) is 3.70. The summed E-state index contributed by atoms with van der Waals surface area (Å²) in [5.74, 6) is 0.640. The van der Waals surface area contributed by atoms with Crippen molar-refractivity contribution in [2.75, 3.05) is 13.1 Å². The molecular weight excluding hydrogens is 460 g/mol. The molecule has 0 radical (unpaired) electrons. The fourth-order valence-electron chi connectivity index (χ4n) is 3.59. The minimum absolute atomic E-state index is 0.142. The van der Waals surface area contributed by atoms with Gasteiger partial charge in [0.2, 0.25) is 0 Å². The van der Waals surface area contributed by atoms with Gasteiger partial charge in [-0.3, -0.25) is 4.90 Å². The molecule has 188 valence electrons. The van der Waals surface area contributed by atoms with Gasteiger partial charge in [-0.1, -0.05) is 40.8 Å². The van der Waals surface area contributed by atoms with Crippen molar-refractivity contribution < 1.29 is 24.5 Å². The third-order valence-electron chi connectivity index (χ3n) is 5.21. The number of likely N-dealkylation sites (tertiary alicyclic amines) is 1. The van der Waals surface area contributed by atoms with Gasteiger partial charge in [-0.2, -0.15) is 15.7 Å². The van der Waals surface area contributed by atoms with Gasteiger partial charge >= 0.3 is 12.1 Å². The number of hydrogen-bond donors (Lipinski definition) is 4. The Labute approximate surface area is 200 Å². The van der Waals surface area contributed by atoms with Crippen molar-refractivity contribution in [3.8, 4) is 0 Å². The standard InChI is InChI=1S/C13H15N5O2.C5H9N5.C2H4O3/c19-13(20-9-10-5-2-1-3-6-10)18-8-4-7-11(18)12-14-16-17-15-12;1-2-4(6-3-1)5-7-9-10-8-5;1-2(3)5-4/h1-3,5-6,11H,4,7-9H2,(H,14,15,16,17);4,6H,1-3H2,(H,7,8,9,10);4H,1H3/t11-;4-;/m00./s1. The maximum Gasteiger partial charge on any atom is 0.410 e. The molecule has 15 nitrogen and oxygen atoms in total. The first-order valence-corrected chi connectivity index (χ1v) is 11.1. The summed E-state index contributed by atoms with van der Waals surface area (Å²) < 4.78 is 5.34. The smallest absolute Gasteiger partial charge is 0.410 e. The molecule has 0 unspecified atom stereocenters. The summed E-state index contributed by atoms with van der Waals surface area (Å²) in [7, 11) is 0. The van der Waals surface area contributed by atoms with Crippen LogP contribution in [0.3, 0.4) is 0 Å². The van der Waals surface area contributed by atoms with Crippen molar-refractivity contribution >= 4 is 12.1 Å². The molecule has 0 saturated carbocycles. The van der Waals surface area contributed by atoms with Crippen LogP contribution in [0.5, 0.6) is 0 Å². The van der Waals surface area contributed by atoms with E-state index >= 15 is 0 Å². The SMILES string of the molecule is C1CN[C@H](c2nn[nH]n2)C1.CC(=O)OO.O=C(OCc1ccccc1)N1CCC[C@H]1c1nn[nH]n1. The molecular formula is C20H28N10O5. The minimum atomic E-state index is -0.690. The number of ether oxygens (including phenoxy) is 1. The van der Waals surface area contributed by atoms with Crippen molar-refractivity contribution in [3.63, 3.8) is 0 Å². The van der Waals surface area contributed by atoms with Gasteiger partial charge in [-0.25, -0.2) is 9.59 Å². The third kappa shape index (κ3) is 8.08. The lowest BCUT2D eigenvalue weighted by Crippen LogP contribution is -2.31. The van der Waals surface area contributed by atoms with E-state index in [1.54, 1.807) is 4.90 Å². The van der Waals surface area contributed by atoms with Crippen LogP contribution in [0.15, 0.2) is 30.3 Å². The Morgan fingerprint density at radius 1 is 1.06 bits per heavy atom. The molecule has 0 aliphatic carbocycles. The molecule has 2 aliphatic rings. The number of aromatic amines is 2. The molecule has 4 heterocycles. The summed E-state index contributed by atoms with van der Waals surface area (Å²) in [6.45, 7) is 3.11. The molecule has 1 amide bonds. The molecule has 2 saturated heterocycles. The van der Waals surface area contributed by atoms with Crippen molar-refractivity contribution in [1.29, 1.82) is 0 Å². The van der Waals surface area contributed by atoms with Crippen LogP contribution >= 0.6 is 0 Å². The second kappa shape index (κ2) is 13.7. The lowest BCUT2D eigenvalue weighted by Gasteiger charge is -2.21. The van der Waals surface area contributed by atoms with Crippen molar-refractivity contribution in [2.45, 2.75) is 51.3 Å². The van der Waals surface area contributed by atoms with Crippen LogP contribution in [0.2, 0.25) is 0 Å². The number of rotatable bonds is 4. The molecule has 2 aromatic heterocycles. The van der Waals surface area contributed by atoms with Crippen LogP contribution in [-0.2, 0) is 21.0 Å². The lowest BCUT2D eigenvalue weighted by molar-refractivity contribution is -0.231. The second-order valence-corrected chi connectivity index (χ2v) is 7.66. The van der Waals surface area contributed by atoms with E-state index in [2.05, 4.69) is 51.5 Å². The van der Waals surface area contributed by atoms with Gasteiger partial charge in [-0.05, 0) is 37.8 Å². The highest BCUT2D eigenvalue weighted by atomic mass is 17.1. The number of carbonyl (C=O) groups is 2. The largest absolute Gasteiger partial charge is 0.445 e. The molecule has 35 heavy (non-hydrogen) atoms. The summed E-state index contributed by atoms with van der Waals surface area (Å²) in [4.78, 5) is 26.3. The van der Waals surface area contributed by atoms with E-state index < -0.39 is 5.97 Å². The Kier molecular flexibility index (Phi) is 10.0. The number of nitrogens with zero attached hydrogens (tertiary/aromatic N) is 7. The summed E-state index contributed by atoms with van der Waals surface area (Å²) in [6, 6.07) is 9.80. The first kappa shape index (κ1) is 25.6. The first-order chi connectivity index (χ1) is 17.1. The molecule has 5 rings (SSSR count). The van der Waals surface area contributed by atoms with Crippen molar-refractivity contribution in [2.24, 2.45) is 0 Å². The number of aromatic nitrogens is 8. The van der Waals surface area contributed by atoms with Crippen LogP contribution in [0.1, 0.15) is 61.9 Å². The van der Waals surface area contributed by atoms with E-state index in [9.17, 15) is 9.59 Å². The molecule has 2 fully saturated rings. The Balaban J connectivity index is 0.000000189. The predicted octanol–water partition coefficient (Wildman–Crippen LogP) is 1.32. The van der Waals surface area contributed by atoms with Gasteiger partial charge in [0.15, 0.2) is 11.6 Å². The molecule has 2 aliphatic heterocycles. The number of hydrogen-bond acceptors (Lipinski definition) is 12. The Morgan fingerprint density at radius 2 is 1.74 bits per heavy atom. The highest BCUT2D eigenvalue weighted by Gasteiger charge is 2.33. The average molecular weight is 489 g/mol. The van der Waals surface area contributed by atoms with Crippen LogP contribution in [0, 0.1) is 0 Å². The monoisotopic (exact) mass is 488 g/mol. The zero-order valence-corrected chi connectivity index (χ0v) is 19.2. The second-order valence-electron chi connectivity index (χ2n) is 7.66. The van der Waals surface area contributed by atoms with E-state index in [1.807, 2.05) is 30.3 Å². The van der Waals surface area contributed by atoms with E-state index in [4.69, 9.17) is 9.99 Å². The normalized spacial score (nSPS) is 18.6. The van der Waals surface area contributed by atoms with Crippen LogP contribution in [-0.4, -0.2) is 76.6 Å².